The summed E-state index contributed by atoms with van der Waals surface area (Å²) in [5.41, 5.74) is 1.28. The van der Waals surface area contributed by atoms with E-state index >= 15 is 0 Å². The van der Waals surface area contributed by atoms with Gasteiger partial charge in [-0.05, 0) is 49.3 Å². The lowest BCUT2D eigenvalue weighted by Gasteiger charge is -2.32. The number of benzene rings is 1. The van der Waals surface area contributed by atoms with Gasteiger partial charge in [0.05, 0.1) is 0 Å². The summed E-state index contributed by atoms with van der Waals surface area (Å²) in [7, 11) is 0. The fraction of sp³-hybridized carbons (Fsp3) is 0.524. The number of aliphatic hydroxyl groups is 1. The summed E-state index contributed by atoms with van der Waals surface area (Å²) in [6, 6.07) is 10.6. The molecule has 4 rings (SSSR count). The SMILES string of the molecule is OCC1CCCN(c2cc(NCC3CCN(c4cccc(Br)c4)C3)ncn2)C1. The Bertz CT molecular complexity index is 789. The number of piperidine rings is 1. The van der Waals surface area contributed by atoms with Gasteiger partial charge in [-0.2, -0.15) is 0 Å². The van der Waals surface area contributed by atoms with Crippen molar-refractivity contribution >= 4 is 33.3 Å². The number of anilines is 3. The maximum absolute atomic E-state index is 9.46. The van der Waals surface area contributed by atoms with Crippen LogP contribution in [0, 0.1) is 11.8 Å². The van der Waals surface area contributed by atoms with E-state index in [0.29, 0.717) is 11.8 Å². The van der Waals surface area contributed by atoms with E-state index in [4.69, 9.17) is 0 Å². The van der Waals surface area contributed by atoms with Gasteiger partial charge in [-0.15, -0.1) is 0 Å². The van der Waals surface area contributed by atoms with E-state index in [1.807, 2.05) is 6.07 Å². The van der Waals surface area contributed by atoms with Crippen molar-refractivity contribution in [3.8, 4) is 0 Å². The maximum Gasteiger partial charge on any atom is 0.134 e. The van der Waals surface area contributed by atoms with Crippen molar-refractivity contribution in [1.29, 1.82) is 0 Å². The summed E-state index contributed by atoms with van der Waals surface area (Å²) in [5.74, 6) is 2.80. The van der Waals surface area contributed by atoms with Crippen LogP contribution < -0.4 is 15.1 Å². The van der Waals surface area contributed by atoms with Crippen molar-refractivity contribution in [1.82, 2.24) is 9.97 Å². The summed E-state index contributed by atoms with van der Waals surface area (Å²) in [6.45, 7) is 5.19. The molecule has 6 nitrogen and oxygen atoms in total. The molecular formula is C21H28BrN5O. The molecule has 0 aliphatic carbocycles. The van der Waals surface area contributed by atoms with Gasteiger partial charge in [0.2, 0.25) is 0 Å². The molecule has 150 valence electrons. The first-order valence-corrected chi connectivity index (χ1v) is 10.9. The fourth-order valence-corrected chi connectivity index (χ4v) is 4.58. The highest BCUT2D eigenvalue weighted by Gasteiger charge is 2.23. The predicted molar refractivity (Wildman–Crippen MR) is 117 cm³/mol. The van der Waals surface area contributed by atoms with Gasteiger partial charge in [0.1, 0.15) is 18.0 Å². The molecule has 7 heteroatoms. The number of nitrogens with zero attached hydrogens (tertiary/aromatic N) is 4. The number of rotatable bonds is 6. The Morgan fingerprint density at radius 3 is 2.82 bits per heavy atom. The molecule has 2 aromatic rings. The molecule has 0 saturated carbocycles. The zero-order chi connectivity index (χ0) is 19.3. The number of halogens is 1. The normalized spacial score (nSPS) is 22.5. The van der Waals surface area contributed by atoms with E-state index in [1.165, 1.54) is 12.1 Å². The van der Waals surface area contributed by atoms with Gasteiger partial charge in [-0.25, -0.2) is 9.97 Å². The quantitative estimate of drug-likeness (QED) is 0.710. The molecule has 0 radical (unpaired) electrons. The summed E-state index contributed by atoms with van der Waals surface area (Å²) in [5, 5.41) is 13.0. The van der Waals surface area contributed by atoms with Crippen LogP contribution in [0.5, 0.6) is 0 Å². The van der Waals surface area contributed by atoms with Crippen LogP contribution in [0.1, 0.15) is 19.3 Å². The minimum atomic E-state index is 0.253. The highest BCUT2D eigenvalue weighted by Crippen LogP contribution is 2.27. The second kappa shape index (κ2) is 9.09. The van der Waals surface area contributed by atoms with Crippen LogP contribution in [-0.4, -0.2) is 54.4 Å². The Morgan fingerprint density at radius 2 is 1.96 bits per heavy atom. The molecule has 2 N–H and O–H groups in total. The summed E-state index contributed by atoms with van der Waals surface area (Å²) in [6.07, 6.45) is 5.02. The molecule has 2 atom stereocenters. The summed E-state index contributed by atoms with van der Waals surface area (Å²) >= 11 is 3.56. The van der Waals surface area contributed by atoms with Crippen LogP contribution in [0.3, 0.4) is 0 Å². The predicted octanol–water partition coefficient (Wildman–Crippen LogP) is 3.39. The molecule has 1 aromatic carbocycles. The van der Waals surface area contributed by atoms with Crippen LogP contribution >= 0.6 is 15.9 Å². The summed E-state index contributed by atoms with van der Waals surface area (Å²) in [4.78, 5) is 13.6. The fourth-order valence-electron chi connectivity index (χ4n) is 4.19. The van der Waals surface area contributed by atoms with Crippen molar-refractivity contribution < 1.29 is 5.11 Å². The highest BCUT2D eigenvalue weighted by atomic mass is 79.9. The highest BCUT2D eigenvalue weighted by molar-refractivity contribution is 9.10. The Morgan fingerprint density at radius 1 is 1.07 bits per heavy atom. The molecule has 0 bridgehead atoms. The van der Waals surface area contributed by atoms with Gasteiger partial charge >= 0.3 is 0 Å². The number of hydrogen-bond acceptors (Lipinski definition) is 6. The average molecular weight is 446 g/mol. The van der Waals surface area contributed by atoms with E-state index in [0.717, 1.165) is 61.7 Å². The van der Waals surface area contributed by atoms with Gasteiger partial charge < -0.3 is 20.2 Å². The second-order valence-electron chi connectivity index (χ2n) is 7.86. The second-order valence-corrected chi connectivity index (χ2v) is 8.78. The van der Waals surface area contributed by atoms with Gasteiger partial charge in [0, 0.05) is 55.6 Å². The monoisotopic (exact) mass is 445 g/mol. The first-order chi connectivity index (χ1) is 13.7. The van der Waals surface area contributed by atoms with Crippen LogP contribution in [-0.2, 0) is 0 Å². The third-order valence-electron chi connectivity index (χ3n) is 5.78. The molecule has 0 spiro atoms. The molecule has 1 aromatic heterocycles. The lowest BCUT2D eigenvalue weighted by atomic mass is 9.99. The third kappa shape index (κ3) is 4.75. The molecule has 2 fully saturated rings. The maximum atomic E-state index is 9.46. The number of nitrogens with one attached hydrogen (secondary N) is 1. The van der Waals surface area contributed by atoms with E-state index in [2.05, 4.69) is 65.3 Å². The van der Waals surface area contributed by atoms with Gasteiger partial charge in [-0.1, -0.05) is 22.0 Å². The minimum absolute atomic E-state index is 0.253. The van der Waals surface area contributed by atoms with E-state index in [1.54, 1.807) is 6.33 Å². The Kier molecular flexibility index (Phi) is 6.32. The Balaban J connectivity index is 1.32. The summed E-state index contributed by atoms with van der Waals surface area (Å²) < 4.78 is 1.13. The van der Waals surface area contributed by atoms with Gasteiger partial charge in [-0.3, -0.25) is 0 Å². The molecule has 0 amide bonds. The third-order valence-corrected chi connectivity index (χ3v) is 6.28. The standard InChI is InChI=1S/C21H28BrN5O/c22-18-4-1-5-19(9-18)26-8-6-16(12-26)11-23-20-10-21(25-15-24-20)27-7-2-3-17(13-27)14-28/h1,4-5,9-10,15-17,28H,2-3,6-8,11-14H2,(H,23,24,25). The lowest BCUT2D eigenvalue weighted by molar-refractivity contribution is 0.208. The van der Waals surface area contributed by atoms with Crippen molar-refractivity contribution in [2.24, 2.45) is 11.8 Å². The molecule has 2 saturated heterocycles. The molecule has 3 heterocycles. The van der Waals surface area contributed by atoms with E-state index in [9.17, 15) is 5.11 Å². The van der Waals surface area contributed by atoms with Crippen LogP contribution in [0.4, 0.5) is 17.3 Å². The first kappa shape index (κ1) is 19.5. The van der Waals surface area contributed by atoms with Crippen molar-refractivity contribution in [2.75, 3.05) is 54.4 Å². The van der Waals surface area contributed by atoms with Crippen LogP contribution in [0.2, 0.25) is 0 Å². The van der Waals surface area contributed by atoms with Crippen molar-refractivity contribution in [2.45, 2.75) is 19.3 Å². The van der Waals surface area contributed by atoms with E-state index < -0.39 is 0 Å². The average Bonchev–Trinajstić information content (AvgIpc) is 3.22. The zero-order valence-electron chi connectivity index (χ0n) is 16.1. The lowest BCUT2D eigenvalue weighted by Crippen LogP contribution is -2.37. The molecule has 2 aliphatic heterocycles. The minimum Gasteiger partial charge on any atom is -0.396 e. The van der Waals surface area contributed by atoms with E-state index in [-0.39, 0.29) is 6.61 Å². The smallest absolute Gasteiger partial charge is 0.134 e. The number of aromatic nitrogens is 2. The van der Waals surface area contributed by atoms with Crippen LogP contribution in [0.15, 0.2) is 41.1 Å². The molecular weight excluding hydrogens is 418 g/mol. The molecule has 2 unspecified atom stereocenters. The Hall–Kier alpha value is -1.86. The topological polar surface area (TPSA) is 64.5 Å². The number of hydrogen-bond donors (Lipinski definition) is 2. The van der Waals surface area contributed by atoms with Gasteiger partial charge in [0.25, 0.3) is 0 Å². The van der Waals surface area contributed by atoms with Crippen LogP contribution in [0.25, 0.3) is 0 Å². The molecule has 2 aliphatic rings. The largest absolute Gasteiger partial charge is 0.396 e. The van der Waals surface area contributed by atoms with Crippen molar-refractivity contribution in [3.63, 3.8) is 0 Å². The Labute approximate surface area is 175 Å². The zero-order valence-corrected chi connectivity index (χ0v) is 17.7. The number of aliphatic hydroxyl groups excluding tert-OH is 1. The first-order valence-electron chi connectivity index (χ1n) is 10.1. The molecule has 28 heavy (non-hydrogen) atoms. The van der Waals surface area contributed by atoms with Crippen molar-refractivity contribution in [3.05, 3.63) is 41.1 Å². The van der Waals surface area contributed by atoms with Gasteiger partial charge in [0.15, 0.2) is 0 Å².